The van der Waals surface area contributed by atoms with Gasteiger partial charge in [0.1, 0.15) is 12.1 Å². The lowest BCUT2D eigenvalue weighted by atomic mass is 9.70. The van der Waals surface area contributed by atoms with Gasteiger partial charge in [0.15, 0.2) is 0 Å². The maximum atomic E-state index is 12.3. The number of likely N-dealkylation sites (N-methyl/N-ethyl adjacent to an activating group) is 1. The van der Waals surface area contributed by atoms with Crippen LogP contribution in [0, 0.1) is 16.7 Å². The first-order valence-corrected chi connectivity index (χ1v) is 7.34. The number of allylic oxidation sites excluding steroid dienone is 1. The minimum absolute atomic E-state index is 0.00527. The molecule has 0 N–H and O–H groups in total. The third-order valence-electron chi connectivity index (χ3n) is 3.47. The second-order valence-electron chi connectivity index (χ2n) is 7.43. The zero-order chi connectivity index (χ0) is 16.8. The molecule has 0 rings (SSSR count). The van der Waals surface area contributed by atoms with Gasteiger partial charge in [-0.15, -0.1) is 0 Å². The molecular weight excluding hydrogens is 266 g/mol. The molecular formula is C17H29NO3. The van der Waals surface area contributed by atoms with Gasteiger partial charge in [-0.2, -0.15) is 0 Å². The zero-order valence-electron chi connectivity index (χ0n) is 14.4. The Kier molecular flexibility index (Phi) is 7.01. The second kappa shape index (κ2) is 7.53. The molecule has 0 aliphatic carbocycles. The van der Waals surface area contributed by atoms with Gasteiger partial charge in [0.05, 0.1) is 0 Å². The zero-order valence-corrected chi connectivity index (χ0v) is 14.4. The number of aldehydes is 1. The number of hydrogen-bond acceptors (Lipinski definition) is 3. The monoisotopic (exact) mass is 295 g/mol. The Morgan fingerprint density at radius 3 is 2.10 bits per heavy atom. The number of amides is 1. The Morgan fingerprint density at radius 2 is 1.67 bits per heavy atom. The fourth-order valence-corrected chi connectivity index (χ4v) is 3.09. The molecule has 0 atom stereocenters. The lowest BCUT2D eigenvalue weighted by molar-refractivity contribution is -0.132. The molecule has 120 valence electrons. The van der Waals surface area contributed by atoms with Gasteiger partial charge in [0.25, 0.3) is 0 Å². The maximum Gasteiger partial charge on any atom is 0.246 e. The standard InChI is InChI=1S/C17H29NO3/c1-13(2)15(21)17(5,6)11-16(3,4)12-18(7)14(20)9-8-10-19/h8-10,13H,11-12H2,1-7H3/b9-8-. The van der Waals surface area contributed by atoms with E-state index in [4.69, 9.17) is 0 Å². The molecule has 0 bridgehead atoms. The SMILES string of the molecule is CC(C)C(=O)C(C)(C)CC(C)(C)CN(C)C(=O)/C=C\C=O. The number of carbonyl (C=O) groups is 3. The van der Waals surface area contributed by atoms with E-state index in [9.17, 15) is 14.4 Å². The van der Waals surface area contributed by atoms with Crippen molar-refractivity contribution in [2.24, 2.45) is 16.7 Å². The van der Waals surface area contributed by atoms with Crippen LogP contribution in [0.25, 0.3) is 0 Å². The highest BCUT2D eigenvalue weighted by molar-refractivity contribution is 5.90. The van der Waals surface area contributed by atoms with Gasteiger partial charge in [0.2, 0.25) is 5.91 Å². The first-order chi connectivity index (χ1) is 9.43. The van der Waals surface area contributed by atoms with Crippen LogP contribution in [0.15, 0.2) is 12.2 Å². The number of rotatable bonds is 8. The summed E-state index contributed by atoms with van der Waals surface area (Å²) in [5, 5.41) is 0. The van der Waals surface area contributed by atoms with Gasteiger partial charge < -0.3 is 4.90 Å². The van der Waals surface area contributed by atoms with Gasteiger partial charge in [-0.1, -0.05) is 41.5 Å². The third-order valence-corrected chi connectivity index (χ3v) is 3.47. The molecule has 0 aliphatic rings. The summed E-state index contributed by atoms with van der Waals surface area (Å²) in [6.45, 7) is 12.4. The average molecular weight is 295 g/mol. The molecule has 0 aromatic carbocycles. The summed E-state index contributed by atoms with van der Waals surface area (Å²) in [4.78, 5) is 35.9. The van der Waals surface area contributed by atoms with Gasteiger partial charge in [-0.3, -0.25) is 14.4 Å². The van der Waals surface area contributed by atoms with Gasteiger partial charge in [-0.25, -0.2) is 0 Å². The smallest absolute Gasteiger partial charge is 0.246 e. The number of hydrogen-bond donors (Lipinski definition) is 0. The molecule has 1 amide bonds. The van der Waals surface area contributed by atoms with Crippen molar-refractivity contribution in [3.63, 3.8) is 0 Å². The Bertz CT molecular complexity index is 420. The summed E-state index contributed by atoms with van der Waals surface area (Å²) in [7, 11) is 1.70. The van der Waals surface area contributed by atoms with Crippen LogP contribution >= 0.6 is 0 Å². The molecule has 4 nitrogen and oxygen atoms in total. The summed E-state index contributed by atoms with van der Waals surface area (Å²) in [6, 6.07) is 0. The van der Waals surface area contributed by atoms with Crippen molar-refractivity contribution in [2.75, 3.05) is 13.6 Å². The molecule has 0 aromatic heterocycles. The molecule has 0 heterocycles. The Labute approximate surface area is 128 Å². The first kappa shape index (κ1) is 19.6. The Morgan fingerprint density at radius 1 is 1.14 bits per heavy atom. The quantitative estimate of drug-likeness (QED) is 0.511. The Hall–Kier alpha value is -1.45. The molecule has 21 heavy (non-hydrogen) atoms. The van der Waals surface area contributed by atoms with Crippen molar-refractivity contribution in [2.45, 2.75) is 48.0 Å². The van der Waals surface area contributed by atoms with Crippen molar-refractivity contribution in [1.29, 1.82) is 0 Å². The molecule has 0 saturated carbocycles. The highest BCUT2D eigenvalue weighted by Gasteiger charge is 2.36. The van der Waals surface area contributed by atoms with Crippen molar-refractivity contribution >= 4 is 18.0 Å². The number of ketones is 1. The van der Waals surface area contributed by atoms with Crippen molar-refractivity contribution in [1.82, 2.24) is 4.90 Å². The minimum atomic E-state index is -0.416. The van der Waals surface area contributed by atoms with Gasteiger partial charge in [0, 0.05) is 31.0 Å². The average Bonchev–Trinajstić information content (AvgIpc) is 2.32. The number of carbonyl (C=O) groups excluding carboxylic acids is 3. The number of Topliss-reactive ketones (excluding diaryl/α,β-unsaturated/α-hetero) is 1. The second-order valence-corrected chi connectivity index (χ2v) is 7.43. The fourth-order valence-electron chi connectivity index (χ4n) is 3.09. The van der Waals surface area contributed by atoms with Crippen LogP contribution in [0.5, 0.6) is 0 Å². The molecule has 0 spiro atoms. The van der Waals surface area contributed by atoms with Crippen LogP contribution in [0.1, 0.15) is 48.0 Å². The van der Waals surface area contributed by atoms with Crippen LogP contribution in [-0.4, -0.2) is 36.5 Å². The first-order valence-electron chi connectivity index (χ1n) is 7.34. The van der Waals surface area contributed by atoms with Crippen molar-refractivity contribution in [3.8, 4) is 0 Å². The van der Waals surface area contributed by atoms with Crippen molar-refractivity contribution < 1.29 is 14.4 Å². The maximum absolute atomic E-state index is 12.3. The predicted octanol–water partition coefficient (Wildman–Crippen LogP) is 2.87. The van der Waals surface area contributed by atoms with E-state index in [0.717, 1.165) is 0 Å². The highest BCUT2D eigenvalue weighted by Crippen LogP contribution is 2.36. The molecule has 0 radical (unpaired) electrons. The summed E-state index contributed by atoms with van der Waals surface area (Å²) in [6.07, 6.45) is 3.73. The van der Waals surface area contributed by atoms with Crippen LogP contribution in [0.3, 0.4) is 0 Å². The van der Waals surface area contributed by atoms with E-state index in [1.54, 1.807) is 11.9 Å². The molecule has 4 heteroatoms. The summed E-state index contributed by atoms with van der Waals surface area (Å²) in [5.74, 6) is 0.0410. The third kappa shape index (κ3) is 6.69. The summed E-state index contributed by atoms with van der Waals surface area (Å²) >= 11 is 0. The summed E-state index contributed by atoms with van der Waals surface area (Å²) < 4.78 is 0. The normalized spacial score (nSPS) is 12.8. The van der Waals surface area contributed by atoms with Crippen LogP contribution in [-0.2, 0) is 14.4 Å². The highest BCUT2D eigenvalue weighted by atomic mass is 16.2. The summed E-state index contributed by atoms with van der Waals surface area (Å²) in [5.41, 5.74) is -0.604. The van der Waals surface area contributed by atoms with E-state index in [2.05, 4.69) is 13.8 Å². The van der Waals surface area contributed by atoms with E-state index in [1.807, 2.05) is 27.7 Å². The van der Waals surface area contributed by atoms with E-state index < -0.39 is 5.41 Å². The minimum Gasteiger partial charge on any atom is -0.342 e. The van der Waals surface area contributed by atoms with Gasteiger partial charge >= 0.3 is 0 Å². The molecule has 0 fully saturated rings. The fraction of sp³-hybridized carbons (Fsp3) is 0.706. The van der Waals surface area contributed by atoms with Gasteiger partial charge in [-0.05, 0) is 17.9 Å². The molecule has 0 aromatic rings. The molecule has 0 aliphatic heterocycles. The lowest BCUT2D eigenvalue weighted by Gasteiger charge is -2.37. The van der Waals surface area contributed by atoms with Crippen LogP contribution < -0.4 is 0 Å². The number of nitrogens with zero attached hydrogens (tertiary/aromatic N) is 1. The molecule has 0 unspecified atom stereocenters. The van der Waals surface area contributed by atoms with E-state index in [1.165, 1.54) is 12.2 Å². The molecule has 0 saturated heterocycles. The van der Waals surface area contributed by atoms with E-state index >= 15 is 0 Å². The van der Waals surface area contributed by atoms with Crippen LogP contribution in [0.2, 0.25) is 0 Å². The topological polar surface area (TPSA) is 54.5 Å². The van der Waals surface area contributed by atoms with Crippen molar-refractivity contribution in [3.05, 3.63) is 12.2 Å². The predicted molar refractivity (Wildman–Crippen MR) is 84.9 cm³/mol. The van der Waals surface area contributed by atoms with Crippen LogP contribution in [0.4, 0.5) is 0 Å². The largest absolute Gasteiger partial charge is 0.342 e. The van der Waals surface area contributed by atoms with E-state index in [-0.39, 0.29) is 23.0 Å². The van der Waals surface area contributed by atoms with E-state index in [0.29, 0.717) is 19.3 Å². The lowest BCUT2D eigenvalue weighted by Crippen LogP contribution is -2.40. The Balaban J connectivity index is 4.83.